The summed E-state index contributed by atoms with van der Waals surface area (Å²) in [6.07, 6.45) is 9.17. The lowest BCUT2D eigenvalue weighted by molar-refractivity contribution is 0.393. The molecule has 0 unspecified atom stereocenters. The number of aliphatic hydroxyl groups excluding tert-OH is 1. The molecule has 0 aromatic heterocycles. The maximum atomic E-state index is 9.26. The van der Waals surface area contributed by atoms with Crippen LogP contribution in [0.25, 0.3) is 0 Å². The van der Waals surface area contributed by atoms with Crippen LogP contribution in [-0.2, 0) is 6.42 Å². The van der Waals surface area contributed by atoms with Gasteiger partial charge in [-0.25, -0.2) is 0 Å². The van der Waals surface area contributed by atoms with Gasteiger partial charge in [0.2, 0.25) is 0 Å². The Morgan fingerprint density at radius 3 is 2.32 bits per heavy atom. The zero-order chi connectivity index (χ0) is 13.7. The molecule has 1 aromatic carbocycles. The number of methoxy groups -OCH3 is 2. The Kier molecular flexibility index (Phi) is 4.29. The van der Waals surface area contributed by atoms with E-state index < -0.39 is 0 Å². The van der Waals surface area contributed by atoms with Crippen LogP contribution in [0.15, 0.2) is 53.8 Å². The van der Waals surface area contributed by atoms with Gasteiger partial charge >= 0.3 is 0 Å². The van der Waals surface area contributed by atoms with Crippen molar-refractivity contribution in [3.63, 3.8) is 0 Å². The van der Waals surface area contributed by atoms with Gasteiger partial charge in [0.25, 0.3) is 0 Å². The fourth-order valence-electron chi connectivity index (χ4n) is 1.94. The number of hydrogen-bond donors (Lipinski definition) is 1. The third kappa shape index (κ3) is 3.65. The van der Waals surface area contributed by atoms with Gasteiger partial charge in [-0.15, -0.1) is 0 Å². The highest BCUT2D eigenvalue weighted by Gasteiger charge is 2.02. The molecule has 0 bridgehead atoms. The standard InChI is InChI=1S/C16H18O3/c1-18-15-9-13(10-16(11-15)19-2)4-3-12-5-7-14(17)8-6-12/h3,5,7-11,17H,4,6H2,1-2H3/b12-3+. The summed E-state index contributed by atoms with van der Waals surface area (Å²) in [6.45, 7) is 0. The number of benzene rings is 1. The predicted octanol–water partition coefficient (Wildman–Crippen LogP) is 3.57. The number of aliphatic hydroxyl groups is 1. The van der Waals surface area contributed by atoms with Crippen molar-refractivity contribution in [1.82, 2.24) is 0 Å². The molecular formula is C16H18O3. The van der Waals surface area contributed by atoms with Gasteiger partial charge < -0.3 is 14.6 Å². The van der Waals surface area contributed by atoms with Crippen LogP contribution >= 0.6 is 0 Å². The average Bonchev–Trinajstić information content (AvgIpc) is 2.46. The van der Waals surface area contributed by atoms with Crippen LogP contribution in [0.3, 0.4) is 0 Å². The van der Waals surface area contributed by atoms with Crippen LogP contribution in [0.1, 0.15) is 12.0 Å². The van der Waals surface area contributed by atoms with E-state index in [4.69, 9.17) is 9.47 Å². The van der Waals surface area contributed by atoms with Crippen molar-refractivity contribution in [2.75, 3.05) is 14.2 Å². The maximum absolute atomic E-state index is 9.26. The van der Waals surface area contributed by atoms with Crippen molar-refractivity contribution < 1.29 is 14.6 Å². The van der Waals surface area contributed by atoms with E-state index in [1.807, 2.05) is 24.3 Å². The van der Waals surface area contributed by atoms with E-state index in [0.717, 1.165) is 29.9 Å². The van der Waals surface area contributed by atoms with E-state index in [9.17, 15) is 5.11 Å². The quantitative estimate of drug-likeness (QED) is 0.897. The second kappa shape index (κ2) is 6.14. The molecule has 1 N–H and O–H groups in total. The van der Waals surface area contributed by atoms with Gasteiger partial charge in [0.15, 0.2) is 0 Å². The Balaban J connectivity index is 2.11. The van der Waals surface area contributed by atoms with Gasteiger partial charge in [-0.2, -0.15) is 0 Å². The van der Waals surface area contributed by atoms with Gasteiger partial charge in [0.05, 0.1) is 14.2 Å². The normalized spacial score (nSPS) is 16.3. The molecule has 3 heteroatoms. The van der Waals surface area contributed by atoms with E-state index in [2.05, 4.69) is 6.08 Å². The number of rotatable bonds is 4. The molecule has 0 atom stereocenters. The molecular weight excluding hydrogens is 240 g/mol. The largest absolute Gasteiger partial charge is 0.508 e. The Hall–Kier alpha value is -2.16. The first kappa shape index (κ1) is 13.3. The topological polar surface area (TPSA) is 38.7 Å². The number of ether oxygens (including phenoxy) is 2. The monoisotopic (exact) mass is 258 g/mol. The smallest absolute Gasteiger partial charge is 0.122 e. The summed E-state index contributed by atoms with van der Waals surface area (Å²) in [5, 5.41) is 9.26. The minimum atomic E-state index is 0.334. The van der Waals surface area contributed by atoms with Crippen LogP contribution in [-0.4, -0.2) is 19.3 Å². The van der Waals surface area contributed by atoms with E-state index in [1.54, 1.807) is 26.4 Å². The molecule has 1 aliphatic rings. The minimum Gasteiger partial charge on any atom is -0.508 e. The minimum absolute atomic E-state index is 0.334. The molecule has 1 aliphatic carbocycles. The highest BCUT2D eigenvalue weighted by Crippen LogP contribution is 2.23. The van der Waals surface area contributed by atoms with E-state index in [1.165, 1.54) is 5.57 Å². The lowest BCUT2D eigenvalue weighted by atomic mass is 10.0. The molecule has 0 aliphatic heterocycles. The number of allylic oxidation sites excluding steroid dienone is 5. The van der Waals surface area contributed by atoms with Gasteiger partial charge in [0.1, 0.15) is 17.3 Å². The van der Waals surface area contributed by atoms with Crippen molar-refractivity contribution in [2.45, 2.75) is 12.8 Å². The Morgan fingerprint density at radius 1 is 1.11 bits per heavy atom. The molecule has 0 amide bonds. The van der Waals surface area contributed by atoms with Gasteiger partial charge in [0, 0.05) is 6.07 Å². The maximum Gasteiger partial charge on any atom is 0.122 e. The molecule has 1 aromatic rings. The Morgan fingerprint density at radius 2 is 1.79 bits per heavy atom. The van der Waals surface area contributed by atoms with Crippen LogP contribution in [0.4, 0.5) is 0 Å². The fraction of sp³-hybridized carbons (Fsp3) is 0.250. The average molecular weight is 258 g/mol. The van der Waals surface area contributed by atoms with Crippen LogP contribution < -0.4 is 9.47 Å². The molecule has 0 saturated carbocycles. The van der Waals surface area contributed by atoms with Gasteiger partial charge in [-0.05, 0) is 48.3 Å². The Labute approximate surface area is 113 Å². The van der Waals surface area contributed by atoms with E-state index in [-0.39, 0.29) is 0 Å². The predicted molar refractivity (Wildman–Crippen MR) is 75.8 cm³/mol. The molecule has 2 rings (SSSR count). The molecule has 0 fully saturated rings. The van der Waals surface area contributed by atoms with Crippen molar-refractivity contribution in [3.05, 3.63) is 59.4 Å². The van der Waals surface area contributed by atoms with Crippen LogP contribution in [0, 0.1) is 0 Å². The van der Waals surface area contributed by atoms with Crippen molar-refractivity contribution in [3.8, 4) is 11.5 Å². The Bertz CT molecular complexity index is 517. The van der Waals surface area contributed by atoms with Crippen molar-refractivity contribution in [2.24, 2.45) is 0 Å². The van der Waals surface area contributed by atoms with Crippen LogP contribution in [0.2, 0.25) is 0 Å². The SMILES string of the molecule is COc1cc(C/C=C2\C=CC(O)=CC2)cc(OC)c1. The molecule has 0 saturated heterocycles. The fourth-order valence-corrected chi connectivity index (χ4v) is 1.94. The van der Waals surface area contributed by atoms with E-state index >= 15 is 0 Å². The summed E-state index contributed by atoms with van der Waals surface area (Å²) in [4.78, 5) is 0. The zero-order valence-corrected chi connectivity index (χ0v) is 11.2. The van der Waals surface area contributed by atoms with Crippen LogP contribution in [0.5, 0.6) is 11.5 Å². The van der Waals surface area contributed by atoms with Crippen molar-refractivity contribution >= 4 is 0 Å². The molecule has 100 valence electrons. The van der Waals surface area contributed by atoms with Gasteiger partial charge in [-0.1, -0.05) is 12.2 Å². The third-order valence-corrected chi connectivity index (χ3v) is 3.03. The van der Waals surface area contributed by atoms with Crippen molar-refractivity contribution in [1.29, 1.82) is 0 Å². The first-order valence-electron chi connectivity index (χ1n) is 6.19. The third-order valence-electron chi connectivity index (χ3n) is 3.03. The highest BCUT2D eigenvalue weighted by atomic mass is 16.5. The zero-order valence-electron chi connectivity index (χ0n) is 11.2. The summed E-state index contributed by atoms with van der Waals surface area (Å²) >= 11 is 0. The lowest BCUT2D eigenvalue weighted by Crippen LogP contribution is -1.92. The first-order valence-corrected chi connectivity index (χ1v) is 6.19. The molecule has 0 heterocycles. The summed E-state index contributed by atoms with van der Waals surface area (Å²) < 4.78 is 10.5. The lowest BCUT2D eigenvalue weighted by Gasteiger charge is -2.08. The summed E-state index contributed by atoms with van der Waals surface area (Å²) in [7, 11) is 3.29. The van der Waals surface area contributed by atoms with Gasteiger partial charge in [-0.3, -0.25) is 0 Å². The highest BCUT2D eigenvalue weighted by molar-refractivity contribution is 5.40. The molecule has 0 radical (unpaired) electrons. The summed E-state index contributed by atoms with van der Waals surface area (Å²) in [5.74, 6) is 1.93. The number of hydrogen-bond acceptors (Lipinski definition) is 3. The molecule has 3 nitrogen and oxygen atoms in total. The second-order valence-corrected chi connectivity index (χ2v) is 4.37. The first-order chi connectivity index (χ1) is 9.21. The second-order valence-electron chi connectivity index (χ2n) is 4.37. The summed E-state index contributed by atoms with van der Waals surface area (Å²) in [6, 6.07) is 5.86. The summed E-state index contributed by atoms with van der Waals surface area (Å²) in [5.41, 5.74) is 2.33. The molecule has 19 heavy (non-hydrogen) atoms. The van der Waals surface area contributed by atoms with E-state index in [0.29, 0.717) is 5.76 Å². The molecule has 0 spiro atoms.